The molecule has 6 heteroatoms. The summed E-state index contributed by atoms with van der Waals surface area (Å²) in [6.07, 6.45) is 0.00426. The van der Waals surface area contributed by atoms with Gasteiger partial charge in [-0.1, -0.05) is 13.8 Å². The van der Waals surface area contributed by atoms with Crippen LogP contribution in [-0.4, -0.2) is 35.3 Å². The fraction of sp³-hybridized carbons (Fsp3) is 0.667. The molecule has 0 aliphatic carbocycles. The Labute approximate surface area is 88.3 Å². The zero-order valence-corrected chi connectivity index (χ0v) is 8.91. The van der Waals surface area contributed by atoms with Gasteiger partial charge in [0.2, 0.25) is 5.91 Å². The number of nitrogens with two attached hydrogens (primary N) is 1. The van der Waals surface area contributed by atoms with Crippen LogP contribution < -0.4 is 11.1 Å². The highest BCUT2D eigenvalue weighted by Gasteiger charge is 2.36. The maximum atomic E-state index is 11.4. The zero-order chi connectivity index (χ0) is 11.6. The van der Waals surface area contributed by atoms with Crippen LogP contribution in [-0.2, 0) is 4.79 Å². The zero-order valence-electron chi connectivity index (χ0n) is 8.91. The molecule has 1 unspecified atom stereocenters. The van der Waals surface area contributed by atoms with Gasteiger partial charge in [-0.2, -0.15) is 0 Å². The number of urea groups is 1. The van der Waals surface area contributed by atoms with Gasteiger partial charge in [0.15, 0.2) is 0 Å². The molecular formula is C9H16N4O2. The number of hydrogen-bond donors (Lipinski definition) is 3. The Balaban J connectivity index is 2.75. The number of carbonyl (C=O) groups is 2. The van der Waals surface area contributed by atoms with E-state index in [1.807, 2.05) is 13.8 Å². The number of amidine groups is 1. The molecule has 1 saturated heterocycles. The van der Waals surface area contributed by atoms with Crippen LogP contribution in [0.3, 0.4) is 0 Å². The van der Waals surface area contributed by atoms with E-state index in [4.69, 9.17) is 11.1 Å². The van der Waals surface area contributed by atoms with Crippen LogP contribution in [0.1, 0.15) is 20.3 Å². The molecule has 0 bridgehead atoms. The summed E-state index contributed by atoms with van der Waals surface area (Å²) in [6.45, 7) is 4.46. The van der Waals surface area contributed by atoms with Crippen molar-refractivity contribution in [2.24, 2.45) is 11.7 Å². The Kier molecular flexibility index (Phi) is 3.28. The summed E-state index contributed by atoms with van der Waals surface area (Å²) in [4.78, 5) is 23.7. The van der Waals surface area contributed by atoms with Crippen molar-refractivity contribution in [2.75, 3.05) is 6.54 Å². The number of nitrogens with zero attached hydrogens (tertiary/aromatic N) is 1. The molecule has 1 rings (SSSR count). The van der Waals surface area contributed by atoms with Gasteiger partial charge in [0.1, 0.15) is 5.84 Å². The smallest absolute Gasteiger partial charge is 0.323 e. The molecule has 0 saturated carbocycles. The first kappa shape index (κ1) is 11.5. The van der Waals surface area contributed by atoms with Crippen LogP contribution in [0, 0.1) is 11.3 Å². The fourth-order valence-electron chi connectivity index (χ4n) is 1.57. The molecule has 0 aromatic carbocycles. The van der Waals surface area contributed by atoms with Gasteiger partial charge in [-0.15, -0.1) is 0 Å². The fourth-order valence-corrected chi connectivity index (χ4v) is 1.57. The van der Waals surface area contributed by atoms with Crippen LogP contribution in [0.4, 0.5) is 4.79 Å². The van der Waals surface area contributed by atoms with Gasteiger partial charge >= 0.3 is 6.03 Å². The lowest BCUT2D eigenvalue weighted by Gasteiger charge is -2.23. The minimum atomic E-state index is -0.516. The van der Waals surface area contributed by atoms with E-state index in [9.17, 15) is 9.59 Å². The van der Waals surface area contributed by atoms with Crippen molar-refractivity contribution in [2.45, 2.75) is 26.3 Å². The Bertz CT molecular complexity index is 300. The molecular weight excluding hydrogens is 196 g/mol. The number of rotatable bonds is 4. The van der Waals surface area contributed by atoms with Gasteiger partial charge in [-0.25, -0.2) is 4.79 Å². The number of hydrogen-bond acceptors (Lipinski definition) is 3. The molecule has 0 aromatic heterocycles. The number of amides is 3. The molecule has 1 fully saturated rings. The summed E-state index contributed by atoms with van der Waals surface area (Å²) in [6, 6.07) is -0.836. The summed E-state index contributed by atoms with van der Waals surface area (Å²) in [7, 11) is 0. The van der Waals surface area contributed by atoms with Gasteiger partial charge in [0, 0.05) is 6.54 Å². The highest BCUT2D eigenvalue weighted by Crippen LogP contribution is 2.14. The van der Waals surface area contributed by atoms with Crippen molar-refractivity contribution < 1.29 is 9.59 Å². The molecule has 0 spiro atoms. The highest BCUT2D eigenvalue weighted by molar-refractivity contribution is 6.07. The molecule has 84 valence electrons. The minimum Gasteiger partial charge on any atom is -0.370 e. The lowest BCUT2D eigenvalue weighted by atomic mass is 10.1. The summed E-state index contributed by atoms with van der Waals surface area (Å²) in [5.41, 5.74) is 5.07. The molecule has 1 aliphatic rings. The van der Waals surface area contributed by atoms with Crippen molar-refractivity contribution in [3.8, 4) is 0 Å². The quantitative estimate of drug-likeness (QED) is 0.605. The maximum Gasteiger partial charge on any atom is 0.323 e. The molecule has 6 nitrogen and oxygen atoms in total. The Hall–Kier alpha value is -1.59. The summed E-state index contributed by atoms with van der Waals surface area (Å²) < 4.78 is 0. The van der Waals surface area contributed by atoms with Crippen LogP contribution in [0.5, 0.6) is 0 Å². The SMILES string of the molecule is CC(C)CN1C(=O)NC(=N)C1CC(N)=O. The van der Waals surface area contributed by atoms with Crippen molar-refractivity contribution in [1.29, 1.82) is 5.41 Å². The highest BCUT2D eigenvalue weighted by atomic mass is 16.2. The van der Waals surface area contributed by atoms with Crippen molar-refractivity contribution in [1.82, 2.24) is 10.2 Å². The van der Waals surface area contributed by atoms with Gasteiger partial charge < -0.3 is 10.6 Å². The van der Waals surface area contributed by atoms with E-state index in [0.29, 0.717) is 6.54 Å². The van der Waals surface area contributed by atoms with Gasteiger partial charge in [-0.05, 0) is 5.92 Å². The molecule has 4 N–H and O–H groups in total. The lowest BCUT2D eigenvalue weighted by Crippen LogP contribution is -2.40. The molecule has 1 atom stereocenters. The first-order valence-corrected chi connectivity index (χ1v) is 4.86. The predicted octanol–water partition coefficient (Wildman–Crippen LogP) is -0.111. The Morgan fingerprint density at radius 3 is 2.73 bits per heavy atom. The standard InChI is InChI=1S/C9H16N4O2/c1-5(2)4-13-6(3-7(10)14)8(11)12-9(13)15/h5-6H,3-4H2,1-2H3,(H2,10,14)(H2,11,12,15). The topological polar surface area (TPSA) is 99.3 Å². The van der Waals surface area contributed by atoms with E-state index in [2.05, 4.69) is 5.32 Å². The first-order valence-electron chi connectivity index (χ1n) is 4.86. The molecule has 15 heavy (non-hydrogen) atoms. The minimum absolute atomic E-state index is 0.00426. The average molecular weight is 212 g/mol. The molecule has 1 heterocycles. The van der Waals surface area contributed by atoms with Crippen molar-refractivity contribution in [3.63, 3.8) is 0 Å². The van der Waals surface area contributed by atoms with E-state index >= 15 is 0 Å². The Morgan fingerprint density at radius 2 is 2.27 bits per heavy atom. The third-order valence-corrected chi connectivity index (χ3v) is 2.17. The number of nitrogens with one attached hydrogen (secondary N) is 2. The van der Waals surface area contributed by atoms with E-state index in [1.165, 1.54) is 4.90 Å². The van der Waals surface area contributed by atoms with E-state index in [1.54, 1.807) is 0 Å². The largest absolute Gasteiger partial charge is 0.370 e. The van der Waals surface area contributed by atoms with E-state index < -0.39 is 11.9 Å². The van der Waals surface area contributed by atoms with E-state index in [-0.39, 0.29) is 24.2 Å². The van der Waals surface area contributed by atoms with Crippen LogP contribution in [0.15, 0.2) is 0 Å². The van der Waals surface area contributed by atoms with Gasteiger partial charge in [0.05, 0.1) is 12.5 Å². The second-order valence-corrected chi connectivity index (χ2v) is 4.08. The number of primary amides is 1. The van der Waals surface area contributed by atoms with Crippen LogP contribution in [0.25, 0.3) is 0 Å². The molecule has 3 amide bonds. The second kappa shape index (κ2) is 4.29. The second-order valence-electron chi connectivity index (χ2n) is 4.08. The van der Waals surface area contributed by atoms with Gasteiger partial charge in [-0.3, -0.25) is 15.5 Å². The number of carbonyl (C=O) groups excluding carboxylic acids is 2. The lowest BCUT2D eigenvalue weighted by molar-refractivity contribution is -0.118. The normalized spacial score (nSPS) is 21.0. The van der Waals surface area contributed by atoms with Crippen LogP contribution >= 0.6 is 0 Å². The monoisotopic (exact) mass is 212 g/mol. The molecule has 0 aromatic rings. The molecule has 0 radical (unpaired) electrons. The van der Waals surface area contributed by atoms with Gasteiger partial charge in [0.25, 0.3) is 0 Å². The summed E-state index contributed by atoms with van der Waals surface area (Å²) in [5, 5.41) is 9.91. The van der Waals surface area contributed by atoms with E-state index in [0.717, 1.165) is 0 Å². The summed E-state index contributed by atoms with van der Waals surface area (Å²) >= 11 is 0. The average Bonchev–Trinajstić information content (AvgIpc) is 2.30. The third kappa shape index (κ3) is 2.68. The van der Waals surface area contributed by atoms with Crippen molar-refractivity contribution in [3.05, 3.63) is 0 Å². The first-order chi connectivity index (χ1) is 6.91. The predicted molar refractivity (Wildman–Crippen MR) is 55.4 cm³/mol. The maximum absolute atomic E-state index is 11.4. The summed E-state index contributed by atoms with van der Waals surface area (Å²) in [5.74, 6) is -0.161. The molecule has 1 aliphatic heterocycles. The van der Waals surface area contributed by atoms with Crippen LogP contribution in [0.2, 0.25) is 0 Å². The van der Waals surface area contributed by atoms with Crippen molar-refractivity contribution >= 4 is 17.8 Å². The Morgan fingerprint density at radius 1 is 1.67 bits per heavy atom. The third-order valence-electron chi connectivity index (χ3n) is 2.17.